The Morgan fingerprint density at radius 1 is 1.38 bits per heavy atom. The molecule has 2 saturated carbocycles. The van der Waals surface area contributed by atoms with Crippen molar-refractivity contribution >= 4 is 35.1 Å². The summed E-state index contributed by atoms with van der Waals surface area (Å²) in [5.41, 5.74) is 7.47. The van der Waals surface area contributed by atoms with Gasteiger partial charge in [-0.05, 0) is 42.4 Å². The first-order valence-corrected chi connectivity index (χ1v) is 11.9. The van der Waals surface area contributed by atoms with Crippen LogP contribution in [-0.2, 0) is 9.53 Å². The number of carbonyl (C=O) groups excluding carboxylic acids is 1. The topological polar surface area (TPSA) is 122 Å². The number of primary amides is 1. The number of rotatable bonds is 4. The number of aromatic nitrogens is 2. The predicted molar refractivity (Wildman–Crippen MR) is 120 cm³/mol. The molecule has 0 spiro atoms. The lowest BCUT2D eigenvalue weighted by Gasteiger charge is -2.35. The van der Waals surface area contributed by atoms with Gasteiger partial charge in [-0.3, -0.25) is 4.79 Å². The van der Waals surface area contributed by atoms with Crippen LogP contribution in [0.1, 0.15) is 24.5 Å². The Bertz CT molecular complexity index is 1010. The molecule has 10 heteroatoms. The van der Waals surface area contributed by atoms with E-state index in [1.807, 2.05) is 36.0 Å². The molecule has 0 saturated heterocycles. The second-order valence-electron chi connectivity index (χ2n) is 8.59. The summed E-state index contributed by atoms with van der Waals surface area (Å²) in [6, 6.07) is 7.46. The zero-order chi connectivity index (χ0) is 22.2. The van der Waals surface area contributed by atoms with E-state index >= 15 is 0 Å². The first kappa shape index (κ1) is 21.4. The summed E-state index contributed by atoms with van der Waals surface area (Å²) in [6.45, 7) is 0.198. The van der Waals surface area contributed by atoms with Crippen LogP contribution in [0.5, 0.6) is 0 Å². The van der Waals surface area contributed by atoms with Crippen molar-refractivity contribution < 1.29 is 19.0 Å². The maximum atomic E-state index is 14.6. The largest absolute Gasteiger partial charge is 0.394 e. The van der Waals surface area contributed by atoms with Crippen molar-refractivity contribution in [3.05, 3.63) is 41.8 Å². The summed E-state index contributed by atoms with van der Waals surface area (Å²) in [5, 5.41) is 15.9. The van der Waals surface area contributed by atoms with E-state index in [4.69, 9.17) is 10.5 Å². The summed E-state index contributed by atoms with van der Waals surface area (Å²) in [6.07, 6.45) is 2.70. The standard InChI is InChI=1S/C22H26FN5O3S/c23-15-9-25-22-26-13-3-1-2-11(6-13)16(31-5-4-29)10-32-17-8-12-7-14(17)19(18(12)20(24)30)27-21(15)28-22/h1-3,6,9,12,14,16-19,29H,4-5,7-8,10H2,(H2,24,30)(H2,25,26,27,28)/t12-,14-,16-,17-,18+,19-/m1/s1. The number of hydrogen-bond donors (Lipinski definition) is 4. The van der Waals surface area contributed by atoms with Gasteiger partial charge in [0, 0.05) is 22.7 Å². The third-order valence-electron chi connectivity index (χ3n) is 6.71. The van der Waals surface area contributed by atoms with Crippen LogP contribution in [0, 0.1) is 23.6 Å². The third-order valence-corrected chi connectivity index (χ3v) is 8.17. The summed E-state index contributed by atoms with van der Waals surface area (Å²) >= 11 is 1.81. The van der Waals surface area contributed by atoms with E-state index in [1.54, 1.807) is 0 Å². The average Bonchev–Trinajstić information content (AvgIpc) is 3.34. The van der Waals surface area contributed by atoms with Gasteiger partial charge >= 0.3 is 0 Å². The van der Waals surface area contributed by atoms with Crippen LogP contribution >= 0.6 is 11.8 Å². The van der Waals surface area contributed by atoms with Crippen molar-refractivity contribution in [1.29, 1.82) is 0 Å². The highest BCUT2D eigenvalue weighted by Gasteiger charge is 2.55. The highest BCUT2D eigenvalue weighted by molar-refractivity contribution is 7.99. The normalized spacial score (nSPS) is 30.8. The Kier molecular flexibility index (Phi) is 5.92. The Morgan fingerprint density at radius 2 is 2.25 bits per heavy atom. The molecule has 5 rings (SSSR count). The molecular weight excluding hydrogens is 433 g/mol. The number of carbonyl (C=O) groups is 1. The molecule has 0 unspecified atom stereocenters. The molecule has 2 heterocycles. The molecule has 2 fully saturated rings. The monoisotopic (exact) mass is 459 g/mol. The SMILES string of the molecule is NC(=O)[C@H]1[C@@H]2C[C@H]3[C@H]1Nc1nc(ncc1F)Nc1cccc(c1)[C@H](OCCO)CS[C@@H]3C2. The van der Waals surface area contributed by atoms with E-state index in [-0.39, 0.29) is 60.8 Å². The lowest BCUT2D eigenvalue weighted by molar-refractivity contribution is -0.123. The molecule has 6 bridgehead atoms. The van der Waals surface area contributed by atoms with Crippen LogP contribution in [0.4, 0.5) is 21.8 Å². The first-order valence-electron chi connectivity index (χ1n) is 10.8. The molecule has 32 heavy (non-hydrogen) atoms. The number of aliphatic hydroxyl groups excluding tert-OH is 1. The fraction of sp³-hybridized carbons (Fsp3) is 0.500. The summed E-state index contributed by atoms with van der Waals surface area (Å²) < 4.78 is 20.5. The number of amides is 1. The van der Waals surface area contributed by atoms with Crippen molar-refractivity contribution in [3.8, 4) is 0 Å². The number of halogens is 1. The molecule has 0 radical (unpaired) electrons. The average molecular weight is 460 g/mol. The fourth-order valence-corrected chi connectivity index (χ4v) is 7.00. The lowest BCUT2D eigenvalue weighted by atomic mass is 9.83. The van der Waals surface area contributed by atoms with Crippen LogP contribution in [0.25, 0.3) is 0 Å². The second-order valence-corrected chi connectivity index (χ2v) is 9.86. The molecule has 2 aromatic rings. The van der Waals surface area contributed by atoms with Gasteiger partial charge in [0.05, 0.1) is 31.4 Å². The minimum atomic E-state index is -0.566. The minimum Gasteiger partial charge on any atom is -0.394 e. The number of thioether (sulfide) groups is 1. The maximum absolute atomic E-state index is 14.6. The van der Waals surface area contributed by atoms with Crippen molar-refractivity contribution in [2.24, 2.45) is 23.5 Å². The molecule has 1 aromatic carbocycles. The van der Waals surface area contributed by atoms with Crippen molar-refractivity contribution in [2.45, 2.75) is 30.2 Å². The smallest absolute Gasteiger partial charge is 0.229 e. The molecule has 3 aliphatic rings. The molecule has 1 amide bonds. The predicted octanol–water partition coefficient (Wildman–Crippen LogP) is 2.45. The van der Waals surface area contributed by atoms with Crippen LogP contribution in [0.3, 0.4) is 0 Å². The van der Waals surface area contributed by atoms with Gasteiger partial charge in [0.25, 0.3) is 0 Å². The number of aliphatic hydroxyl groups is 1. The van der Waals surface area contributed by atoms with E-state index in [0.717, 1.165) is 30.3 Å². The number of nitrogens with two attached hydrogens (primary N) is 1. The van der Waals surface area contributed by atoms with Gasteiger partial charge in [-0.1, -0.05) is 12.1 Å². The third kappa shape index (κ3) is 4.02. The van der Waals surface area contributed by atoms with E-state index in [2.05, 4.69) is 20.6 Å². The molecule has 6 atom stereocenters. The number of nitrogens with zero attached hydrogens (tertiary/aromatic N) is 2. The van der Waals surface area contributed by atoms with Gasteiger partial charge in [0.2, 0.25) is 11.9 Å². The summed E-state index contributed by atoms with van der Waals surface area (Å²) in [7, 11) is 0. The fourth-order valence-electron chi connectivity index (χ4n) is 5.38. The van der Waals surface area contributed by atoms with Crippen LogP contribution in [-0.4, -0.2) is 51.2 Å². The van der Waals surface area contributed by atoms with E-state index in [1.165, 1.54) is 0 Å². The number of ether oxygens (including phenoxy) is 1. The van der Waals surface area contributed by atoms with E-state index in [0.29, 0.717) is 11.0 Å². The van der Waals surface area contributed by atoms with Crippen molar-refractivity contribution in [1.82, 2.24) is 9.97 Å². The lowest BCUT2D eigenvalue weighted by Crippen LogP contribution is -2.46. The first-order chi connectivity index (χ1) is 15.5. The quantitative estimate of drug-likeness (QED) is 0.550. The van der Waals surface area contributed by atoms with Crippen LogP contribution in [0.2, 0.25) is 0 Å². The molecule has 2 aliphatic carbocycles. The summed E-state index contributed by atoms with van der Waals surface area (Å²) in [4.78, 5) is 20.7. The Balaban J connectivity index is 1.53. The van der Waals surface area contributed by atoms with Gasteiger partial charge in [0.1, 0.15) is 0 Å². The highest BCUT2D eigenvalue weighted by atomic mass is 32.2. The van der Waals surface area contributed by atoms with Crippen LogP contribution < -0.4 is 16.4 Å². The van der Waals surface area contributed by atoms with Gasteiger partial charge in [0.15, 0.2) is 11.6 Å². The minimum absolute atomic E-state index is 0.0499. The maximum Gasteiger partial charge on any atom is 0.229 e. The Hall–Kier alpha value is -2.43. The molecular formula is C22H26FN5O3S. The van der Waals surface area contributed by atoms with Crippen molar-refractivity contribution in [3.63, 3.8) is 0 Å². The van der Waals surface area contributed by atoms with Gasteiger partial charge in [-0.25, -0.2) is 9.37 Å². The Labute approximate surface area is 189 Å². The molecule has 170 valence electrons. The second kappa shape index (κ2) is 8.84. The van der Waals surface area contributed by atoms with Gasteiger partial charge in [-0.15, -0.1) is 0 Å². The number of anilines is 3. The van der Waals surface area contributed by atoms with Crippen LogP contribution in [0.15, 0.2) is 30.5 Å². The number of benzene rings is 1. The highest BCUT2D eigenvalue weighted by Crippen LogP contribution is 2.54. The van der Waals surface area contributed by atoms with E-state index in [9.17, 15) is 14.3 Å². The molecule has 1 aromatic heterocycles. The zero-order valence-electron chi connectivity index (χ0n) is 17.4. The summed E-state index contributed by atoms with van der Waals surface area (Å²) in [5.74, 6) is 0.0963. The molecule has 1 aliphatic heterocycles. The zero-order valence-corrected chi connectivity index (χ0v) is 18.2. The van der Waals surface area contributed by atoms with Crippen molar-refractivity contribution in [2.75, 3.05) is 29.6 Å². The van der Waals surface area contributed by atoms with Gasteiger partial charge < -0.3 is 26.2 Å². The number of fused-ring (bicyclic) bond motifs is 5. The van der Waals surface area contributed by atoms with E-state index < -0.39 is 5.82 Å². The molecule has 5 N–H and O–H groups in total. The number of hydrogen-bond acceptors (Lipinski definition) is 8. The number of nitrogens with one attached hydrogen (secondary N) is 2. The van der Waals surface area contributed by atoms with Gasteiger partial charge in [-0.2, -0.15) is 16.7 Å². The molecule has 8 nitrogen and oxygen atoms in total. The Morgan fingerprint density at radius 3 is 3.06 bits per heavy atom.